The number of thioether (sulfide) groups is 1. The van der Waals surface area contributed by atoms with Crippen molar-refractivity contribution in [2.75, 3.05) is 7.11 Å². The Balaban J connectivity index is 1.38. The molecule has 0 atom stereocenters. The topological polar surface area (TPSA) is 87.3 Å². The molecule has 0 spiro atoms. The molecule has 0 aliphatic carbocycles. The summed E-state index contributed by atoms with van der Waals surface area (Å²) in [6, 6.07) is 14.6. The molecule has 0 N–H and O–H groups in total. The maximum absolute atomic E-state index is 12.6. The van der Waals surface area contributed by atoms with Crippen molar-refractivity contribution in [2.24, 2.45) is 0 Å². The smallest absolute Gasteiger partial charge is 0.339 e. The van der Waals surface area contributed by atoms with Crippen LogP contribution in [0.5, 0.6) is 5.75 Å². The molecule has 2 heterocycles. The Bertz CT molecular complexity index is 1110. The van der Waals surface area contributed by atoms with Gasteiger partial charge in [0.1, 0.15) is 5.75 Å². The van der Waals surface area contributed by atoms with Gasteiger partial charge in [0, 0.05) is 21.6 Å². The molecule has 0 aliphatic heterocycles. The summed E-state index contributed by atoms with van der Waals surface area (Å²) in [7, 11) is 1.60. The molecule has 7 nitrogen and oxygen atoms in total. The van der Waals surface area contributed by atoms with Crippen LogP contribution in [-0.2, 0) is 17.1 Å². The third-order valence-electron chi connectivity index (χ3n) is 4.11. The summed E-state index contributed by atoms with van der Waals surface area (Å²) in [5.74, 6) is 1.62. The first-order valence-corrected chi connectivity index (χ1v) is 10.9. The number of esters is 1. The highest BCUT2D eigenvalue weighted by Gasteiger charge is 2.16. The molecule has 0 fully saturated rings. The first-order valence-electron chi connectivity index (χ1n) is 8.96. The Hall–Kier alpha value is -3.17. The number of nitrogens with zero attached hydrogens (tertiary/aromatic N) is 3. The number of carbonyl (C=O) groups is 1. The van der Waals surface area contributed by atoms with Crippen LogP contribution in [0.4, 0.5) is 0 Å². The van der Waals surface area contributed by atoms with Crippen LogP contribution in [0.2, 0.25) is 0 Å². The zero-order chi connectivity index (χ0) is 20.8. The van der Waals surface area contributed by atoms with Crippen LogP contribution < -0.4 is 4.74 Å². The second-order valence-corrected chi connectivity index (χ2v) is 7.82. The average molecular weight is 440 g/mol. The van der Waals surface area contributed by atoms with Crippen LogP contribution in [0.25, 0.3) is 11.4 Å². The van der Waals surface area contributed by atoms with Crippen molar-refractivity contribution < 1.29 is 18.8 Å². The lowest BCUT2D eigenvalue weighted by Crippen LogP contribution is -2.07. The molecule has 2 aromatic heterocycles. The van der Waals surface area contributed by atoms with Crippen LogP contribution in [0.15, 0.2) is 68.8 Å². The van der Waals surface area contributed by atoms with Crippen LogP contribution in [0.3, 0.4) is 0 Å². The van der Waals surface area contributed by atoms with Crippen molar-refractivity contribution in [1.29, 1.82) is 0 Å². The second kappa shape index (κ2) is 9.55. The first kappa shape index (κ1) is 20.1. The zero-order valence-electron chi connectivity index (χ0n) is 16.0. The third kappa shape index (κ3) is 4.87. The van der Waals surface area contributed by atoms with Gasteiger partial charge in [-0.15, -0.1) is 23.1 Å². The van der Waals surface area contributed by atoms with E-state index in [9.17, 15) is 4.79 Å². The predicted octanol–water partition coefficient (Wildman–Crippen LogP) is 4.85. The minimum atomic E-state index is -0.444. The third-order valence-corrected chi connectivity index (χ3v) is 5.85. The number of ether oxygens (including phenoxy) is 2. The highest BCUT2D eigenvalue weighted by atomic mass is 32.2. The van der Waals surface area contributed by atoms with Gasteiger partial charge in [-0.2, -0.15) is 4.98 Å². The van der Waals surface area contributed by atoms with E-state index < -0.39 is 5.97 Å². The minimum absolute atomic E-state index is 0.104. The van der Waals surface area contributed by atoms with Crippen LogP contribution >= 0.6 is 23.1 Å². The van der Waals surface area contributed by atoms with Crippen molar-refractivity contribution in [3.8, 4) is 17.1 Å². The maximum atomic E-state index is 12.6. The molecule has 0 aliphatic rings. The van der Waals surface area contributed by atoms with Gasteiger partial charge < -0.3 is 14.0 Å². The number of methoxy groups -OCH3 is 1. The molecule has 30 heavy (non-hydrogen) atoms. The Morgan fingerprint density at radius 3 is 2.77 bits per heavy atom. The largest absolute Gasteiger partial charge is 0.497 e. The average Bonchev–Trinajstić information content (AvgIpc) is 3.48. The molecule has 0 bridgehead atoms. The Morgan fingerprint density at radius 1 is 1.17 bits per heavy atom. The molecular weight excluding hydrogens is 422 g/mol. The van der Waals surface area contributed by atoms with Gasteiger partial charge in [0.05, 0.1) is 23.9 Å². The molecule has 0 amide bonds. The molecule has 0 saturated heterocycles. The summed E-state index contributed by atoms with van der Waals surface area (Å²) in [6.07, 6.45) is 0. The number of rotatable bonds is 8. The summed E-state index contributed by atoms with van der Waals surface area (Å²) in [6.45, 7) is -0.104. The van der Waals surface area contributed by atoms with Crippen molar-refractivity contribution in [3.63, 3.8) is 0 Å². The summed E-state index contributed by atoms with van der Waals surface area (Å²) in [4.78, 5) is 22.0. The normalized spacial score (nSPS) is 10.7. The van der Waals surface area contributed by atoms with Gasteiger partial charge in [-0.25, -0.2) is 9.78 Å². The van der Waals surface area contributed by atoms with Crippen molar-refractivity contribution in [1.82, 2.24) is 15.1 Å². The van der Waals surface area contributed by atoms with E-state index in [1.165, 1.54) is 0 Å². The van der Waals surface area contributed by atoms with Gasteiger partial charge in [0.15, 0.2) is 6.61 Å². The summed E-state index contributed by atoms with van der Waals surface area (Å²) < 4.78 is 15.7. The SMILES string of the molecule is COc1ccc(-c2noc(COC(=O)c3ccccc3SCc3cscn3)n2)cc1. The fourth-order valence-corrected chi connectivity index (χ4v) is 4.20. The monoisotopic (exact) mass is 439 g/mol. The number of thiazole rings is 1. The van der Waals surface area contributed by atoms with Gasteiger partial charge in [-0.3, -0.25) is 0 Å². The van der Waals surface area contributed by atoms with Gasteiger partial charge in [-0.1, -0.05) is 17.3 Å². The minimum Gasteiger partial charge on any atom is -0.497 e. The molecule has 0 radical (unpaired) electrons. The Labute approximate surface area is 181 Å². The Morgan fingerprint density at radius 2 is 2.00 bits per heavy atom. The standard InChI is InChI=1S/C21H17N3O4S2/c1-26-16-8-6-14(7-9-16)20-23-19(28-24-20)10-27-21(25)17-4-2-3-5-18(17)30-12-15-11-29-13-22-15/h2-9,11,13H,10,12H2,1H3. The first-order chi connectivity index (χ1) is 14.7. The van der Waals surface area contributed by atoms with E-state index in [2.05, 4.69) is 15.1 Å². The lowest BCUT2D eigenvalue weighted by atomic mass is 10.2. The van der Waals surface area contributed by atoms with Crippen LogP contribution in [-0.4, -0.2) is 28.2 Å². The molecule has 0 unspecified atom stereocenters. The highest BCUT2D eigenvalue weighted by molar-refractivity contribution is 7.98. The predicted molar refractivity (Wildman–Crippen MR) is 114 cm³/mol. The molecule has 2 aromatic carbocycles. The summed E-state index contributed by atoms with van der Waals surface area (Å²) in [5.41, 5.74) is 4.04. The lowest BCUT2D eigenvalue weighted by Gasteiger charge is -2.07. The van der Waals surface area contributed by atoms with Crippen LogP contribution in [0.1, 0.15) is 21.9 Å². The van der Waals surface area contributed by atoms with E-state index in [-0.39, 0.29) is 12.5 Å². The van der Waals surface area contributed by atoms with E-state index in [4.69, 9.17) is 14.0 Å². The summed E-state index contributed by atoms with van der Waals surface area (Å²) >= 11 is 3.09. The number of hydrogen-bond acceptors (Lipinski definition) is 9. The molecule has 4 rings (SSSR count). The maximum Gasteiger partial charge on any atom is 0.339 e. The van der Waals surface area contributed by atoms with E-state index in [1.54, 1.807) is 47.9 Å². The highest BCUT2D eigenvalue weighted by Crippen LogP contribution is 2.27. The quantitative estimate of drug-likeness (QED) is 0.284. The summed E-state index contributed by atoms with van der Waals surface area (Å²) in [5, 5.41) is 5.93. The number of benzene rings is 2. The number of hydrogen-bond donors (Lipinski definition) is 0. The molecule has 4 aromatic rings. The fourth-order valence-electron chi connectivity index (χ4n) is 2.60. The van der Waals surface area contributed by atoms with Gasteiger partial charge in [0.2, 0.25) is 5.82 Å². The van der Waals surface area contributed by atoms with Gasteiger partial charge in [-0.05, 0) is 36.4 Å². The number of aromatic nitrogens is 3. The van der Waals surface area contributed by atoms with Crippen molar-refractivity contribution >= 4 is 29.1 Å². The van der Waals surface area contributed by atoms with Crippen LogP contribution in [0, 0.1) is 0 Å². The number of carbonyl (C=O) groups excluding carboxylic acids is 1. The fraction of sp³-hybridized carbons (Fsp3) is 0.143. The van der Waals surface area contributed by atoms with E-state index in [0.717, 1.165) is 21.9 Å². The molecular formula is C21H17N3O4S2. The van der Waals surface area contributed by atoms with Gasteiger partial charge in [0.25, 0.3) is 5.89 Å². The molecule has 9 heteroatoms. The van der Waals surface area contributed by atoms with E-state index in [0.29, 0.717) is 17.1 Å². The van der Waals surface area contributed by atoms with Crippen molar-refractivity contribution in [2.45, 2.75) is 17.3 Å². The van der Waals surface area contributed by atoms with Gasteiger partial charge >= 0.3 is 5.97 Å². The molecule has 152 valence electrons. The molecule has 0 saturated carbocycles. The lowest BCUT2D eigenvalue weighted by molar-refractivity contribution is 0.0425. The second-order valence-electron chi connectivity index (χ2n) is 6.08. The Kier molecular flexibility index (Phi) is 6.41. The zero-order valence-corrected chi connectivity index (χ0v) is 17.6. The van der Waals surface area contributed by atoms with E-state index in [1.807, 2.05) is 41.8 Å². The van der Waals surface area contributed by atoms with E-state index >= 15 is 0 Å². The van der Waals surface area contributed by atoms with Crippen molar-refractivity contribution in [3.05, 3.63) is 76.6 Å².